The second-order valence-electron chi connectivity index (χ2n) is 4.29. The van der Waals surface area contributed by atoms with Gasteiger partial charge >= 0.3 is 0 Å². The first-order valence-electron chi connectivity index (χ1n) is 5.83. The zero-order valence-electron chi connectivity index (χ0n) is 9.86. The minimum absolute atomic E-state index is 0.111. The first kappa shape index (κ1) is 12.3. The number of hydrogen-bond donors (Lipinski definition) is 1. The summed E-state index contributed by atoms with van der Waals surface area (Å²) in [5, 5.41) is 9.94. The minimum Gasteiger partial charge on any atom is -0.494 e. The highest BCUT2D eigenvalue weighted by Crippen LogP contribution is 2.22. The fourth-order valence-corrected chi connectivity index (χ4v) is 2.12. The Labute approximate surface area is 100 Å². The van der Waals surface area contributed by atoms with Crippen LogP contribution in [0.2, 0.25) is 0 Å². The second kappa shape index (κ2) is 5.47. The highest BCUT2D eigenvalue weighted by Gasteiger charge is 2.24. The third-order valence-corrected chi connectivity index (χ3v) is 3.06. The summed E-state index contributed by atoms with van der Waals surface area (Å²) in [5.74, 6) is -0.176. The Morgan fingerprint density at radius 1 is 1.59 bits per heavy atom. The molecule has 3 nitrogen and oxygen atoms in total. The molecule has 0 aliphatic carbocycles. The fourth-order valence-electron chi connectivity index (χ4n) is 2.12. The van der Waals surface area contributed by atoms with E-state index in [2.05, 4.69) is 0 Å². The molecule has 94 valence electrons. The van der Waals surface area contributed by atoms with Crippen molar-refractivity contribution in [3.05, 3.63) is 29.6 Å². The van der Waals surface area contributed by atoms with E-state index in [9.17, 15) is 9.50 Å². The van der Waals surface area contributed by atoms with Gasteiger partial charge < -0.3 is 14.6 Å². The van der Waals surface area contributed by atoms with Crippen LogP contribution in [0.15, 0.2) is 18.2 Å². The lowest BCUT2D eigenvalue weighted by Crippen LogP contribution is -2.27. The summed E-state index contributed by atoms with van der Waals surface area (Å²) in [7, 11) is 1.43. The molecule has 0 radical (unpaired) electrons. The Bertz CT molecular complexity index is 375. The number of hydrogen-bond acceptors (Lipinski definition) is 3. The van der Waals surface area contributed by atoms with Crippen LogP contribution in [-0.4, -0.2) is 31.0 Å². The molecule has 0 saturated carbocycles. The van der Waals surface area contributed by atoms with Gasteiger partial charge in [-0.15, -0.1) is 0 Å². The van der Waals surface area contributed by atoms with E-state index in [0.717, 1.165) is 18.4 Å². The normalized spacial score (nSPS) is 21.5. The Morgan fingerprint density at radius 3 is 3.00 bits per heavy atom. The average Bonchev–Trinajstić information content (AvgIpc) is 2.82. The first-order valence-corrected chi connectivity index (χ1v) is 5.83. The van der Waals surface area contributed by atoms with Crippen LogP contribution in [0.3, 0.4) is 0 Å². The molecule has 1 N–H and O–H groups in total. The van der Waals surface area contributed by atoms with E-state index >= 15 is 0 Å². The molecule has 17 heavy (non-hydrogen) atoms. The van der Waals surface area contributed by atoms with Gasteiger partial charge in [0, 0.05) is 13.0 Å². The zero-order chi connectivity index (χ0) is 12.3. The van der Waals surface area contributed by atoms with Gasteiger partial charge in [-0.05, 0) is 30.5 Å². The molecule has 1 aliphatic rings. The van der Waals surface area contributed by atoms with Crippen molar-refractivity contribution >= 4 is 0 Å². The van der Waals surface area contributed by atoms with Crippen molar-refractivity contribution in [2.75, 3.05) is 13.7 Å². The number of rotatable bonds is 4. The van der Waals surface area contributed by atoms with Crippen LogP contribution in [-0.2, 0) is 11.2 Å². The summed E-state index contributed by atoms with van der Waals surface area (Å²) in [6.45, 7) is 0.707. The number of halogens is 1. The Hall–Kier alpha value is -1.13. The fraction of sp³-hybridized carbons (Fsp3) is 0.538. The van der Waals surface area contributed by atoms with Gasteiger partial charge in [-0.3, -0.25) is 0 Å². The van der Waals surface area contributed by atoms with Gasteiger partial charge in [0.05, 0.1) is 19.3 Å². The third kappa shape index (κ3) is 2.96. The van der Waals surface area contributed by atoms with Crippen LogP contribution in [0, 0.1) is 5.82 Å². The first-order chi connectivity index (χ1) is 8.20. The maximum absolute atomic E-state index is 13.4. The lowest BCUT2D eigenvalue weighted by molar-refractivity contribution is -0.000804. The van der Waals surface area contributed by atoms with Gasteiger partial charge in [-0.25, -0.2) is 4.39 Å². The van der Waals surface area contributed by atoms with Crippen molar-refractivity contribution in [2.24, 2.45) is 0 Å². The van der Waals surface area contributed by atoms with Crippen LogP contribution in [0.5, 0.6) is 5.75 Å². The highest BCUT2D eigenvalue weighted by molar-refractivity contribution is 5.29. The lowest BCUT2D eigenvalue weighted by Gasteiger charge is -2.17. The summed E-state index contributed by atoms with van der Waals surface area (Å²) in [5.41, 5.74) is 0.756. The van der Waals surface area contributed by atoms with Crippen molar-refractivity contribution in [1.82, 2.24) is 0 Å². The molecule has 1 fully saturated rings. The number of aliphatic hydroxyl groups is 1. The van der Waals surface area contributed by atoms with Crippen LogP contribution in [0.25, 0.3) is 0 Å². The van der Waals surface area contributed by atoms with E-state index in [1.54, 1.807) is 12.1 Å². The van der Waals surface area contributed by atoms with E-state index < -0.39 is 11.9 Å². The van der Waals surface area contributed by atoms with Crippen molar-refractivity contribution in [3.63, 3.8) is 0 Å². The number of benzene rings is 1. The van der Waals surface area contributed by atoms with Crippen LogP contribution in [0.4, 0.5) is 4.39 Å². The van der Waals surface area contributed by atoms with Gasteiger partial charge in [0.1, 0.15) is 0 Å². The molecule has 0 aromatic heterocycles. The largest absolute Gasteiger partial charge is 0.494 e. The summed E-state index contributed by atoms with van der Waals surface area (Å²) in [6.07, 6.45) is 1.59. The maximum atomic E-state index is 13.4. The van der Waals surface area contributed by atoms with Crippen LogP contribution in [0.1, 0.15) is 18.4 Å². The molecule has 1 heterocycles. The summed E-state index contributed by atoms with van der Waals surface area (Å²) >= 11 is 0. The van der Waals surface area contributed by atoms with Gasteiger partial charge in [0.2, 0.25) is 0 Å². The summed E-state index contributed by atoms with van der Waals surface area (Å²) in [6, 6.07) is 4.74. The quantitative estimate of drug-likeness (QED) is 0.873. The average molecular weight is 240 g/mol. The monoisotopic (exact) mass is 240 g/mol. The zero-order valence-corrected chi connectivity index (χ0v) is 9.86. The summed E-state index contributed by atoms with van der Waals surface area (Å²) in [4.78, 5) is 0. The SMILES string of the molecule is COc1ccc(CC(O)C2CCCO2)cc1F. The molecule has 2 unspecified atom stereocenters. The van der Waals surface area contributed by atoms with Gasteiger partial charge in [0.15, 0.2) is 11.6 Å². The maximum Gasteiger partial charge on any atom is 0.165 e. The molecule has 0 amide bonds. The van der Waals surface area contributed by atoms with E-state index in [0.29, 0.717) is 13.0 Å². The van der Waals surface area contributed by atoms with Crippen molar-refractivity contribution in [1.29, 1.82) is 0 Å². The summed E-state index contributed by atoms with van der Waals surface area (Å²) < 4.78 is 23.7. The minimum atomic E-state index is -0.565. The van der Waals surface area contributed by atoms with Gasteiger partial charge in [0.25, 0.3) is 0 Å². The molecule has 1 aliphatic heterocycles. The van der Waals surface area contributed by atoms with Crippen LogP contribution >= 0.6 is 0 Å². The topological polar surface area (TPSA) is 38.7 Å². The molecular weight excluding hydrogens is 223 g/mol. The Morgan fingerprint density at radius 2 is 2.41 bits per heavy atom. The van der Waals surface area contributed by atoms with Crippen molar-refractivity contribution in [2.45, 2.75) is 31.5 Å². The third-order valence-electron chi connectivity index (χ3n) is 3.06. The van der Waals surface area contributed by atoms with Gasteiger partial charge in [-0.1, -0.05) is 6.07 Å². The molecule has 0 bridgehead atoms. The highest BCUT2D eigenvalue weighted by atomic mass is 19.1. The number of ether oxygens (including phenoxy) is 2. The van der Waals surface area contributed by atoms with E-state index in [1.165, 1.54) is 13.2 Å². The smallest absolute Gasteiger partial charge is 0.165 e. The second-order valence-corrected chi connectivity index (χ2v) is 4.29. The molecule has 1 aromatic rings. The standard InChI is InChI=1S/C13H17FO3/c1-16-12-5-4-9(7-10(12)14)8-11(15)13-3-2-6-17-13/h4-5,7,11,13,15H,2-3,6,8H2,1H3. The van der Waals surface area contributed by atoms with E-state index in [1.807, 2.05) is 0 Å². The Kier molecular flexibility index (Phi) is 3.97. The molecule has 2 rings (SSSR count). The van der Waals surface area contributed by atoms with Gasteiger partial charge in [-0.2, -0.15) is 0 Å². The van der Waals surface area contributed by atoms with Crippen molar-refractivity contribution in [3.8, 4) is 5.75 Å². The Balaban J connectivity index is 2.00. The number of methoxy groups -OCH3 is 1. The van der Waals surface area contributed by atoms with E-state index in [4.69, 9.17) is 9.47 Å². The van der Waals surface area contributed by atoms with E-state index in [-0.39, 0.29) is 11.9 Å². The lowest BCUT2D eigenvalue weighted by atomic mass is 10.0. The van der Waals surface area contributed by atoms with Crippen LogP contribution < -0.4 is 4.74 Å². The molecule has 2 atom stereocenters. The molecule has 1 saturated heterocycles. The molecular formula is C13H17FO3. The predicted molar refractivity (Wildman–Crippen MR) is 61.6 cm³/mol. The number of aliphatic hydroxyl groups excluding tert-OH is 1. The molecule has 1 aromatic carbocycles. The molecule has 4 heteroatoms. The predicted octanol–water partition coefficient (Wildman–Crippen LogP) is 1.92. The van der Waals surface area contributed by atoms with Crippen molar-refractivity contribution < 1.29 is 19.0 Å². The molecule has 0 spiro atoms.